The van der Waals surface area contributed by atoms with Gasteiger partial charge in [0.15, 0.2) is 0 Å². The van der Waals surface area contributed by atoms with Gasteiger partial charge in [-0.05, 0) is 75.8 Å². The molecule has 0 aliphatic carbocycles. The van der Waals surface area contributed by atoms with Crippen LogP contribution in [-0.4, -0.2) is 116 Å². The van der Waals surface area contributed by atoms with Crippen LogP contribution in [0.25, 0.3) is 10.9 Å². The van der Waals surface area contributed by atoms with Crippen LogP contribution in [0.1, 0.15) is 43.5 Å². The molecule has 5 rings (SSSR count). The summed E-state index contributed by atoms with van der Waals surface area (Å²) in [6.07, 6.45) is -0.304. The number of carbonyl (C=O) groups excluding carboxylic acids is 1. The van der Waals surface area contributed by atoms with Crippen molar-refractivity contribution in [2.24, 2.45) is 0 Å². The minimum atomic E-state index is -4.03. The number of amides is 1. The van der Waals surface area contributed by atoms with E-state index in [1.54, 1.807) is 49.4 Å². The maximum atomic E-state index is 14.2. The highest BCUT2D eigenvalue weighted by Crippen LogP contribution is 2.37. The number of pyridine rings is 1. The molecule has 4 N–H and O–H groups in total. The van der Waals surface area contributed by atoms with Crippen LogP contribution >= 0.6 is 0 Å². The number of hydrogen-bond acceptors (Lipinski definition) is 11. The van der Waals surface area contributed by atoms with Crippen LogP contribution in [0.15, 0.2) is 58.5 Å². The van der Waals surface area contributed by atoms with Gasteiger partial charge in [0.25, 0.3) is 5.91 Å². The molecule has 0 bridgehead atoms. The highest BCUT2D eigenvalue weighted by Gasteiger charge is 2.43. The number of nitrogens with one attached hydrogen (secondary N) is 1. The third-order valence-electron chi connectivity index (χ3n) is 8.77. The van der Waals surface area contributed by atoms with Gasteiger partial charge < -0.3 is 39.9 Å². The molecular weight excluding hydrogens is 612 g/mol. The summed E-state index contributed by atoms with van der Waals surface area (Å²) < 4.78 is 39.8. The molecule has 12 nitrogen and oxygen atoms in total. The Morgan fingerprint density at radius 2 is 1.85 bits per heavy atom. The van der Waals surface area contributed by atoms with Crippen molar-refractivity contribution >= 4 is 32.3 Å². The van der Waals surface area contributed by atoms with Crippen LogP contribution in [0.5, 0.6) is 5.75 Å². The molecule has 2 aliphatic heterocycles. The molecule has 1 aromatic heterocycles. The summed E-state index contributed by atoms with van der Waals surface area (Å²) in [5.74, 6) is 0.0576. The first-order chi connectivity index (χ1) is 22.0. The zero-order chi connectivity index (χ0) is 33.0. The Kier molecular flexibility index (Phi) is 10.8. The summed E-state index contributed by atoms with van der Waals surface area (Å²) in [6.45, 7) is 6.56. The second-order valence-electron chi connectivity index (χ2n) is 12.1. The van der Waals surface area contributed by atoms with E-state index in [1.165, 1.54) is 6.20 Å². The summed E-state index contributed by atoms with van der Waals surface area (Å²) in [7, 11) is -2.00. The molecule has 2 fully saturated rings. The van der Waals surface area contributed by atoms with E-state index in [0.717, 1.165) is 32.4 Å². The molecule has 5 unspecified atom stereocenters. The average Bonchev–Trinajstić information content (AvgIpc) is 3.28. The molecule has 3 heterocycles. The van der Waals surface area contributed by atoms with Crippen molar-refractivity contribution in [3.8, 4) is 5.75 Å². The van der Waals surface area contributed by atoms with Crippen LogP contribution in [-0.2, 0) is 14.6 Å². The molecule has 5 atom stereocenters. The molecular formula is C33H44N4O8S. The number of aliphatic hydroxyl groups is 3. The summed E-state index contributed by atoms with van der Waals surface area (Å²) in [5.41, 5.74) is 1.23. The number of rotatable bonds is 10. The van der Waals surface area contributed by atoms with E-state index in [9.17, 15) is 28.5 Å². The van der Waals surface area contributed by atoms with E-state index in [-0.39, 0.29) is 15.4 Å². The zero-order valence-corrected chi connectivity index (χ0v) is 27.3. The molecule has 13 heteroatoms. The number of anilines is 1. The van der Waals surface area contributed by atoms with Gasteiger partial charge >= 0.3 is 0 Å². The molecule has 3 aromatic rings. The third kappa shape index (κ3) is 7.14. The molecule has 0 spiro atoms. The van der Waals surface area contributed by atoms with Crippen molar-refractivity contribution in [3.05, 3.63) is 54.2 Å². The first kappa shape index (κ1) is 34.0. The fraction of sp³-hybridized carbons (Fsp3) is 0.515. The van der Waals surface area contributed by atoms with Crippen molar-refractivity contribution in [2.45, 2.75) is 73.4 Å². The van der Waals surface area contributed by atoms with E-state index in [4.69, 9.17) is 9.47 Å². The normalized spacial score (nSPS) is 24.5. The Hall–Kier alpha value is -3.33. The number of fused-ring (bicyclic) bond motifs is 1. The number of benzene rings is 2. The summed E-state index contributed by atoms with van der Waals surface area (Å²) in [5, 5.41) is 33.8. The van der Waals surface area contributed by atoms with Gasteiger partial charge in [-0.1, -0.05) is 13.3 Å². The standard InChI is InChI=1S/C33H44N4O8S/c1-4-5-17-44-23-8-10-24(11-9-23)46(42,43)28-19-34-26-12-7-22(18-25(26)30(28)37-14-6-13-36(3)15-16-37)33(41)35-29-21(2)45-27(20-38)31(39)32(29)40/h7-12,18-19,21,27,29,31-32,38-40H,4-6,13-17,20H2,1-3H3,(H,35,41). The van der Waals surface area contributed by atoms with E-state index in [0.29, 0.717) is 42.0 Å². The lowest BCUT2D eigenvalue weighted by Gasteiger charge is -2.41. The van der Waals surface area contributed by atoms with E-state index in [2.05, 4.69) is 27.0 Å². The maximum absolute atomic E-state index is 14.2. The Labute approximate surface area is 269 Å². The van der Waals surface area contributed by atoms with Gasteiger partial charge in [-0.2, -0.15) is 0 Å². The van der Waals surface area contributed by atoms with Gasteiger partial charge in [-0.15, -0.1) is 0 Å². The number of ether oxygens (including phenoxy) is 2. The average molecular weight is 657 g/mol. The Bertz CT molecular complexity index is 1620. The fourth-order valence-corrected chi connectivity index (χ4v) is 7.44. The highest BCUT2D eigenvalue weighted by atomic mass is 32.2. The number of nitrogens with zero attached hydrogens (tertiary/aromatic N) is 3. The number of hydrogen-bond donors (Lipinski definition) is 4. The Morgan fingerprint density at radius 1 is 1.09 bits per heavy atom. The van der Waals surface area contributed by atoms with Crippen molar-refractivity contribution in [2.75, 3.05) is 51.3 Å². The lowest BCUT2D eigenvalue weighted by molar-refractivity contribution is -0.187. The number of likely N-dealkylation sites (N-methyl/N-ethyl adjacent to an activating group) is 1. The molecule has 2 saturated heterocycles. The maximum Gasteiger partial charge on any atom is 0.251 e. The van der Waals surface area contributed by atoms with Crippen LogP contribution < -0.4 is 15.0 Å². The zero-order valence-electron chi connectivity index (χ0n) is 26.5. The van der Waals surface area contributed by atoms with Gasteiger partial charge in [-0.25, -0.2) is 8.42 Å². The number of unbranched alkanes of at least 4 members (excludes halogenated alkanes) is 1. The lowest BCUT2D eigenvalue weighted by atomic mass is 9.93. The van der Waals surface area contributed by atoms with Crippen molar-refractivity contribution in [1.82, 2.24) is 15.2 Å². The summed E-state index contributed by atoms with van der Waals surface area (Å²) >= 11 is 0. The minimum absolute atomic E-state index is 0.0460. The fourth-order valence-electron chi connectivity index (χ4n) is 6.01. The van der Waals surface area contributed by atoms with Crippen molar-refractivity contribution < 1.29 is 38.0 Å². The monoisotopic (exact) mass is 656 g/mol. The molecule has 2 aromatic carbocycles. The Balaban J connectivity index is 1.54. The predicted octanol–water partition coefficient (Wildman–Crippen LogP) is 1.99. The molecule has 1 amide bonds. The number of aromatic nitrogens is 1. The highest BCUT2D eigenvalue weighted by molar-refractivity contribution is 7.91. The van der Waals surface area contributed by atoms with Crippen LogP contribution in [0.4, 0.5) is 5.69 Å². The van der Waals surface area contributed by atoms with Gasteiger partial charge in [0.05, 0.1) is 41.5 Å². The third-order valence-corrected chi connectivity index (χ3v) is 10.5. The molecule has 2 aliphatic rings. The van der Waals surface area contributed by atoms with Crippen LogP contribution in [0, 0.1) is 0 Å². The second-order valence-corrected chi connectivity index (χ2v) is 14.0. The smallest absolute Gasteiger partial charge is 0.251 e. The van der Waals surface area contributed by atoms with Gasteiger partial charge in [0.2, 0.25) is 9.84 Å². The molecule has 0 radical (unpaired) electrons. The molecule has 250 valence electrons. The number of sulfone groups is 1. The summed E-state index contributed by atoms with van der Waals surface area (Å²) in [4.78, 5) is 22.5. The van der Waals surface area contributed by atoms with Crippen molar-refractivity contribution in [3.63, 3.8) is 0 Å². The van der Waals surface area contributed by atoms with Gasteiger partial charge in [-0.3, -0.25) is 9.78 Å². The summed E-state index contributed by atoms with van der Waals surface area (Å²) in [6, 6.07) is 10.3. The molecule has 0 saturated carbocycles. The number of carbonyl (C=O) groups is 1. The first-order valence-electron chi connectivity index (χ1n) is 15.8. The predicted molar refractivity (Wildman–Crippen MR) is 173 cm³/mol. The minimum Gasteiger partial charge on any atom is -0.494 e. The number of aliphatic hydroxyl groups excluding tert-OH is 3. The topological polar surface area (TPSA) is 162 Å². The van der Waals surface area contributed by atoms with Crippen LogP contribution in [0.3, 0.4) is 0 Å². The Morgan fingerprint density at radius 3 is 2.57 bits per heavy atom. The quantitative estimate of drug-likeness (QED) is 0.236. The van der Waals surface area contributed by atoms with Gasteiger partial charge in [0.1, 0.15) is 29.0 Å². The lowest BCUT2D eigenvalue weighted by Crippen LogP contribution is -2.63. The van der Waals surface area contributed by atoms with E-state index in [1.807, 2.05) is 7.05 Å². The van der Waals surface area contributed by atoms with Crippen molar-refractivity contribution in [1.29, 1.82) is 0 Å². The van der Waals surface area contributed by atoms with Crippen LogP contribution in [0.2, 0.25) is 0 Å². The van der Waals surface area contributed by atoms with E-state index < -0.39 is 52.8 Å². The van der Waals surface area contributed by atoms with Gasteiger partial charge in [0, 0.05) is 36.8 Å². The largest absolute Gasteiger partial charge is 0.494 e. The first-order valence-corrected chi connectivity index (χ1v) is 17.3. The molecule has 46 heavy (non-hydrogen) atoms. The SMILES string of the molecule is CCCCOc1ccc(S(=O)(=O)c2cnc3ccc(C(=O)NC4C(C)OC(CO)C(O)C4O)cc3c2N2CCCN(C)CC2)cc1. The second kappa shape index (κ2) is 14.6. The van der Waals surface area contributed by atoms with E-state index >= 15 is 0 Å².